The number of carboxylic acids is 1. The summed E-state index contributed by atoms with van der Waals surface area (Å²) in [5.74, 6) is -1.77. The second-order valence-corrected chi connectivity index (χ2v) is 5.59. The molecule has 2 unspecified atom stereocenters. The molecule has 0 bridgehead atoms. The van der Waals surface area contributed by atoms with Crippen molar-refractivity contribution in [3.8, 4) is 6.07 Å². The van der Waals surface area contributed by atoms with E-state index in [-0.39, 0.29) is 11.5 Å². The molecule has 5 heteroatoms. The van der Waals surface area contributed by atoms with Crippen molar-refractivity contribution in [1.82, 2.24) is 5.32 Å². The summed E-state index contributed by atoms with van der Waals surface area (Å²) in [7, 11) is 0. The molecule has 0 aliphatic heterocycles. The topological polar surface area (TPSA) is 90.2 Å². The number of hydrogen-bond acceptors (Lipinski definition) is 3. The molecule has 23 heavy (non-hydrogen) atoms. The van der Waals surface area contributed by atoms with Crippen LogP contribution in [0.1, 0.15) is 33.8 Å². The van der Waals surface area contributed by atoms with Gasteiger partial charge in [0.25, 0.3) is 5.91 Å². The molecule has 2 N–H and O–H groups in total. The maximum Gasteiger partial charge on any atom is 0.330 e. The summed E-state index contributed by atoms with van der Waals surface area (Å²) >= 11 is 0. The first-order chi connectivity index (χ1) is 11.1. The smallest absolute Gasteiger partial charge is 0.330 e. The average molecular weight is 306 g/mol. The Kier molecular flexibility index (Phi) is 3.59. The summed E-state index contributed by atoms with van der Waals surface area (Å²) < 4.78 is 0. The number of aliphatic carboxylic acids is 1. The average Bonchev–Trinajstić information content (AvgIpc) is 3.31. The van der Waals surface area contributed by atoms with Gasteiger partial charge >= 0.3 is 5.97 Å². The molecule has 1 fully saturated rings. The summed E-state index contributed by atoms with van der Waals surface area (Å²) in [5, 5.41) is 21.1. The molecule has 3 rings (SSSR count). The lowest BCUT2D eigenvalue weighted by Crippen LogP contribution is -2.44. The molecule has 0 aromatic heterocycles. The monoisotopic (exact) mass is 306 g/mol. The number of carbonyl (C=O) groups is 2. The summed E-state index contributed by atoms with van der Waals surface area (Å²) in [6.45, 7) is 0. The van der Waals surface area contributed by atoms with Gasteiger partial charge in [-0.1, -0.05) is 36.4 Å². The maximum atomic E-state index is 12.4. The predicted octanol–water partition coefficient (Wildman–Crippen LogP) is 2.30. The molecule has 1 aliphatic carbocycles. The van der Waals surface area contributed by atoms with E-state index in [1.807, 2.05) is 36.4 Å². The highest BCUT2D eigenvalue weighted by Gasteiger charge is 2.62. The van der Waals surface area contributed by atoms with E-state index in [1.165, 1.54) is 6.07 Å². The number of nitrogens with zero attached hydrogens (tertiary/aromatic N) is 1. The molecule has 2 aromatic rings. The van der Waals surface area contributed by atoms with E-state index < -0.39 is 17.4 Å². The van der Waals surface area contributed by atoms with Crippen molar-refractivity contribution in [2.24, 2.45) is 0 Å². The van der Waals surface area contributed by atoms with E-state index in [1.54, 1.807) is 18.2 Å². The van der Waals surface area contributed by atoms with Crippen molar-refractivity contribution in [2.45, 2.75) is 17.9 Å². The van der Waals surface area contributed by atoms with E-state index in [0.717, 1.165) is 5.56 Å². The van der Waals surface area contributed by atoms with Crippen LogP contribution in [0.5, 0.6) is 0 Å². The van der Waals surface area contributed by atoms with E-state index in [0.29, 0.717) is 12.0 Å². The lowest BCUT2D eigenvalue weighted by molar-refractivity contribution is -0.140. The zero-order chi connectivity index (χ0) is 16.4. The first kappa shape index (κ1) is 14.8. The third-order valence-electron chi connectivity index (χ3n) is 4.13. The van der Waals surface area contributed by atoms with Gasteiger partial charge in [0.1, 0.15) is 5.54 Å². The summed E-state index contributed by atoms with van der Waals surface area (Å²) in [6.07, 6.45) is 0.357. The van der Waals surface area contributed by atoms with Crippen LogP contribution < -0.4 is 5.32 Å². The van der Waals surface area contributed by atoms with Gasteiger partial charge in [-0.15, -0.1) is 0 Å². The predicted molar refractivity (Wildman–Crippen MR) is 82.8 cm³/mol. The molecule has 0 radical (unpaired) electrons. The normalized spacial score (nSPS) is 22.0. The van der Waals surface area contributed by atoms with Crippen LogP contribution in [-0.2, 0) is 4.79 Å². The Morgan fingerprint density at radius 3 is 2.57 bits per heavy atom. The van der Waals surface area contributed by atoms with Crippen LogP contribution in [0.2, 0.25) is 0 Å². The molecule has 2 aromatic carbocycles. The van der Waals surface area contributed by atoms with Gasteiger partial charge in [0, 0.05) is 11.5 Å². The van der Waals surface area contributed by atoms with Crippen LogP contribution in [-0.4, -0.2) is 22.5 Å². The number of amides is 1. The molecule has 1 amide bonds. The Balaban J connectivity index is 1.83. The first-order valence-electron chi connectivity index (χ1n) is 7.18. The summed E-state index contributed by atoms with van der Waals surface area (Å²) in [6, 6.07) is 17.4. The number of carbonyl (C=O) groups excluding carboxylic acids is 1. The number of benzene rings is 2. The summed E-state index contributed by atoms with van der Waals surface area (Å²) in [4.78, 5) is 24.1. The number of nitriles is 1. The Bertz CT molecular complexity index is 811. The van der Waals surface area contributed by atoms with E-state index in [2.05, 4.69) is 5.32 Å². The van der Waals surface area contributed by atoms with Crippen molar-refractivity contribution in [3.05, 3.63) is 71.3 Å². The second-order valence-electron chi connectivity index (χ2n) is 5.59. The van der Waals surface area contributed by atoms with Crippen LogP contribution in [0.15, 0.2) is 54.6 Å². The Labute approximate surface area is 133 Å². The van der Waals surface area contributed by atoms with Crippen molar-refractivity contribution in [1.29, 1.82) is 5.26 Å². The number of carboxylic acid groups (broad SMARTS) is 1. The molecule has 1 aliphatic rings. The van der Waals surface area contributed by atoms with E-state index in [4.69, 9.17) is 5.26 Å². The maximum absolute atomic E-state index is 12.4. The minimum absolute atomic E-state index is 0.246. The summed E-state index contributed by atoms with van der Waals surface area (Å²) in [5.41, 5.74) is 0.253. The standard InChI is InChI=1S/C18H14N2O3/c19-11-12-5-4-8-14(9-12)16(21)20-18(17(22)23)10-15(18)13-6-2-1-3-7-13/h1-9,15H,10H2,(H,20,21)(H,22,23). The quantitative estimate of drug-likeness (QED) is 0.907. The highest BCUT2D eigenvalue weighted by molar-refractivity contribution is 6.00. The molecule has 5 nitrogen and oxygen atoms in total. The Morgan fingerprint density at radius 1 is 1.17 bits per heavy atom. The highest BCUT2D eigenvalue weighted by atomic mass is 16.4. The number of hydrogen-bond donors (Lipinski definition) is 2. The molecule has 1 saturated carbocycles. The minimum atomic E-state index is -1.28. The highest BCUT2D eigenvalue weighted by Crippen LogP contribution is 2.51. The number of rotatable bonds is 4. The fourth-order valence-corrected chi connectivity index (χ4v) is 2.78. The van der Waals surface area contributed by atoms with Gasteiger partial charge in [-0.25, -0.2) is 4.79 Å². The van der Waals surface area contributed by atoms with Crippen LogP contribution in [0.25, 0.3) is 0 Å². The lowest BCUT2D eigenvalue weighted by atomic mass is 10.1. The Hall–Kier alpha value is -3.13. The Morgan fingerprint density at radius 2 is 1.91 bits per heavy atom. The molecule has 0 heterocycles. The third kappa shape index (κ3) is 2.67. The van der Waals surface area contributed by atoms with E-state index in [9.17, 15) is 14.7 Å². The molecule has 2 atom stereocenters. The van der Waals surface area contributed by atoms with Crippen molar-refractivity contribution in [2.75, 3.05) is 0 Å². The molecular weight excluding hydrogens is 292 g/mol. The van der Waals surface area contributed by atoms with Gasteiger partial charge in [-0.05, 0) is 30.2 Å². The molecule has 0 saturated heterocycles. The zero-order valence-corrected chi connectivity index (χ0v) is 12.2. The van der Waals surface area contributed by atoms with E-state index >= 15 is 0 Å². The van der Waals surface area contributed by atoms with Gasteiger partial charge in [0.2, 0.25) is 0 Å². The lowest BCUT2D eigenvalue weighted by Gasteiger charge is -2.15. The van der Waals surface area contributed by atoms with Crippen LogP contribution in [0.3, 0.4) is 0 Å². The largest absolute Gasteiger partial charge is 0.479 e. The zero-order valence-electron chi connectivity index (χ0n) is 12.2. The minimum Gasteiger partial charge on any atom is -0.479 e. The van der Waals surface area contributed by atoms with Gasteiger partial charge in [-0.2, -0.15) is 5.26 Å². The molecular formula is C18H14N2O3. The fourth-order valence-electron chi connectivity index (χ4n) is 2.78. The second kappa shape index (κ2) is 5.58. The van der Waals surface area contributed by atoms with Crippen LogP contribution >= 0.6 is 0 Å². The van der Waals surface area contributed by atoms with Crippen LogP contribution in [0.4, 0.5) is 0 Å². The fraction of sp³-hybridized carbons (Fsp3) is 0.167. The van der Waals surface area contributed by atoms with Crippen molar-refractivity contribution >= 4 is 11.9 Å². The van der Waals surface area contributed by atoms with Gasteiger partial charge in [0.15, 0.2) is 0 Å². The third-order valence-corrected chi connectivity index (χ3v) is 4.13. The van der Waals surface area contributed by atoms with Crippen LogP contribution in [0, 0.1) is 11.3 Å². The van der Waals surface area contributed by atoms with Crippen molar-refractivity contribution < 1.29 is 14.7 Å². The molecule has 114 valence electrons. The van der Waals surface area contributed by atoms with Gasteiger partial charge in [0.05, 0.1) is 11.6 Å². The number of nitrogens with one attached hydrogen (secondary N) is 1. The van der Waals surface area contributed by atoms with Gasteiger partial charge in [-0.3, -0.25) is 4.79 Å². The first-order valence-corrected chi connectivity index (χ1v) is 7.18. The molecule has 0 spiro atoms. The van der Waals surface area contributed by atoms with Crippen molar-refractivity contribution in [3.63, 3.8) is 0 Å². The van der Waals surface area contributed by atoms with Gasteiger partial charge < -0.3 is 10.4 Å². The SMILES string of the molecule is N#Cc1cccc(C(=O)NC2(C(=O)O)CC2c2ccccc2)c1.